The number of benzene rings is 2. The SMILES string of the molecule is CC(O)c1cc2c(c(N3CCN(C)CC3)c1)OC(C(=O)Nc1ccc(N3CCCNC3=O)cc1)CC2. The van der Waals surface area contributed by atoms with Gasteiger partial charge in [-0.3, -0.25) is 9.69 Å². The number of aryl methyl sites for hydroxylation is 1. The van der Waals surface area contributed by atoms with Crippen LogP contribution in [0.25, 0.3) is 0 Å². The lowest BCUT2D eigenvalue weighted by atomic mass is 9.96. The van der Waals surface area contributed by atoms with E-state index in [0.29, 0.717) is 31.6 Å². The van der Waals surface area contributed by atoms with Gasteiger partial charge < -0.3 is 30.3 Å². The fourth-order valence-electron chi connectivity index (χ4n) is 5.04. The third-order valence-electron chi connectivity index (χ3n) is 7.25. The van der Waals surface area contributed by atoms with E-state index >= 15 is 0 Å². The van der Waals surface area contributed by atoms with Gasteiger partial charge in [-0.2, -0.15) is 0 Å². The number of piperazine rings is 1. The summed E-state index contributed by atoms with van der Waals surface area (Å²) in [4.78, 5) is 31.5. The number of hydrogen-bond donors (Lipinski definition) is 3. The lowest BCUT2D eigenvalue weighted by Crippen LogP contribution is -2.46. The second-order valence-electron chi connectivity index (χ2n) is 9.91. The van der Waals surface area contributed by atoms with Gasteiger partial charge in [0.15, 0.2) is 6.10 Å². The summed E-state index contributed by atoms with van der Waals surface area (Å²) in [5.74, 6) is 0.565. The zero-order valence-electron chi connectivity index (χ0n) is 21.0. The van der Waals surface area contributed by atoms with Crippen LogP contribution >= 0.6 is 0 Å². The van der Waals surface area contributed by atoms with E-state index in [1.807, 2.05) is 36.4 Å². The summed E-state index contributed by atoms with van der Waals surface area (Å²) in [6, 6.07) is 11.2. The lowest BCUT2D eigenvalue weighted by molar-refractivity contribution is -0.123. The van der Waals surface area contributed by atoms with Crippen molar-refractivity contribution in [2.24, 2.45) is 0 Å². The lowest BCUT2D eigenvalue weighted by Gasteiger charge is -2.37. The number of rotatable bonds is 5. The molecule has 2 atom stereocenters. The van der Waals surface area contributed by atoms with Crippen molar-refractivity contribution in [3.05, 3.63) is 47.5 Å². The summed E-state index contributed by atoms with van der Waals surface area (Å²) >= 11 is 0. The van der Waals surface area contributed by atoms with Gasteiger partial charge in [-0.15, -0.1) is 0 Å². The van der Waals surface area contributed by atoms with Crippen molar-refractivity contribution in [2.45, 2.75) is 38.4 Å². The number of hydrogen-bond acceptors (Lipinski definition) is 6. The quantitative estimate of drug-likeness (QED) is 0.593. The molecule has 5 rings (SSSR count). The fourth-order valence-corrected chi connectivity index (χ4v) is 5.04. The van der Waals surface area contributed by atoms with E-state index in [0.717, 1.165) is 60.9 Å². The highest BCUT2D eigenvalue weighted by Gasteiger charge is 2.31. The molecule has 2 aromatic rings. The Morgan fingerprint density at radius 1 is 1.14 bits per heavy atom. The molecule has 2 unspecified atom stereocenters. The van der Waals surface area contributed by atoms with Crippen molar-refractivity contribution in [1.82, 2.24) is 10.2 Å². The number of likely N-dealkylation sites (N-methyl/N-ethyl adjacent to an activating group) is 1. The molecule has 3 heterocycles. The molecule has 3 amide bonds. The average molecular weight is 494 g/mol. The van der Waals surface area contributed by atoms with Crippen LogP contribution in [-0.4, -0.2) is 74.4 Å². The molecule has 3 N–H and O–H groups in total. The van der Waals surface area contributed by atoms with E-state index in [2.05, 4.69) is 27.5 Å². The molecule has 0 bridgehead atoms. The Hall–Kier alpha value is -3.30. The van der Waals surface area contributed by atoms with Crippen LogP contribution in [0.15, 0.2) is 36.4 Å². The molecule has 0 aromatic heterocycles. The number of aliphatic hydroxyl groups is 1. The third kappa shape index (κ3) is 5.12. The number of carbonyl (C=O) groups excluding carboxylic acids is 2. The van der Waals surface area contributed by atoms with Gasteiger partial charge in [-0.25, -0.2) is 4.79 Å². The first-order chi connectivity index (χ1) is 17.4. The van der Waals surface area contributed by atoms with E-state index in [1.165, 1.54) is 0 Å². The monoisotopic (exact) mass is 493 g/mol. The largest absolute Gasteiger partial charge is 0.478 e. The Labute approximate surface area is 212 Å². The van der Waals surface area contributed by atoms with Gasteiger partial charge in [0.1, 0.15) is 5.75 Å². The molecule has 9 heteroatoms. The number of ether oxygens (including phenoxy) is 1. The maximum atomic E-state index is 13.2. The smallest absolute Gasteiger partial charge is 0.321 e. The summed E-state index contributed by atoms with van der Waals surface area (Å²) in [5, 5.41) is 16.1. The predicted octanol–water partition coefficient (Wildman–Crippen LogP) is 2.74. The average Bonchev–Trinajstić information content (AvgIpc) is 2.89. The molecule has 3 aliphatic heterocycles. The number of nitrogens with one attached hydrogen (secondary N) is 2. The van der Waals surface area contributed by atoms with Crippen molar-refractivity contribution >= 4 is 29.0 Å². The van der Waals surface area contributed by atoms with E-state index in [4.69, 9.17) is 4.74 Å². The van der Waals surface area contributed by atoms with Gasteiger partial charge in [-0.1, -0.05) is 0 Å². The molecule has 36 heavy (non-hydrogen) atoms. The number of carbonyl (C=O) groups is 2. The molecule has 2 saturated heterocycles. The van der Waals surface area contributed by atoms with Gasteiger partial charge in [0.05, 0.1) is 11.8 Å². The Bertz CT molecular complexity index is 1110. The van der Waals surface area contributed by atoms with Crippen LogP contribution in [0.3, 0.4) is 0 Å². The number of aliphatic hydroxyl groups excluding tert-OH is 1. The number of urea groups is 1. The van der Waals surface area contributed by atoms with E-state index < -0.39 is 12.2 Å². The minimum absolute atomic E-state index is 0.0952. The summed E-state index contributed by atoms with van der Waals surface area (Å²) in [7, 11) is 2.11. The van der Waals surface area contributed by atoms with E-state index in [9.17, 15) is 14.7 Å². The molecule has 0 saturated carbocycles. The summed E-state index contributed by atoms with van der Waals surface area (Å²) < 4.78 is 6.33. The standard InChI is InChI=1S/C27H35N5O4/c1-18(33)20-16-19-4-9-24(36-25(19)23(17-20)31-14-12-30(2)13-15-31)26(34)29-21-5-7-22(8-6-21)32-11-3-10-28-27(32)35/h5-8,16-18,24,33H,3-4,9-15H2,1-2H3,(H,28,35)(H,29,34). The maximum absolute atomic E-state index is 13.2. The van der Waals surface area contributed by atoms with Crippen molar-refractivity contribution < 1.29 is 19.4 Å². The van der Waals surface area contributed by atoms with Crippen molar-refractivity contribution in [3.63, 3.8) is 0 Å². The molecule has 0 spiro atoms. The van der Waals surface area contributed by atoms with Gasteiger partial charge >= 0.3 is 6.03 Å². The number of nitrogens with zero attached hydrogens (tertiary/aromatic N) is 3. The van der Waals surface area contributed by atoms with Crippen LogP contribution in [-0.2, 0) is 11.2 Å². The number of anilines is 3. The predicted molar refractivity (Wildman–Crippen MR) is 140 cm³/mol. The van der Waals surface area contributed by atoms with Gasteiger partial charge in [0, 0.05) is 50.6 Å². The molecular formula is C27H35N5O4. The molecule has 0 radical (unpaired) electrons. The maximum Gasteiger partial charge on any atom is 0.321 e. The summed E-state index contributed by atoms with van der Waals surface area (Å²) in [5.41, 5.74) is 4.34. The summed E-state index contributed by atoms with van der Waals surface area (Å²) in [6.45, 7) is 6.80. The second kappa shape index (κ2) is 10.4. The van der Waals surface area contributed by atoms with Gasteiger partial charge in [0.25, 0.3) is 5.91 Å². The van der Waals surface area contributed by atoms with Crippen molar-refractivity contribution in [1.29, 1.82) is 0 Å². The third-order valence-corrected chi connectivity index (χ3v) is 7.25. The van der Waals surface area contributed by atoms with Crippen LogP contribution in [0.2, 0.25) is 0 Å². The van der Waals surface area contributed by atoms with Crippen LogP contribution in [0.1, 0.15) is 37.0 Å². The Morgan fingerprint density at radius 3 is 2.58 bits per heavy atom. The minimum atomic E-state index is -0.603. The highest BCUT2D eigenvalue weighted by molar-refractivity contribution is 5.96. The van der Waals surface area contributed by atoms with Crippen molar-refractivity contribution in [2.75, 3.05) is 61.4 Å². The number of fused-ring (bicyclic) bond motifs is 1. The Morgan fingerprint density at radius 2 is 1.89 bits per heavy atom. The molecule has 2 aromatic carbocycles. The molecule has 9 nitrogen and oxygen atoms in total. The second-order valence-corrected chi connectivity index (χ2v) is 9.91. The Balaban J connectivity index is 1.30. The van der Waals surface area contributed by atoms with E-state index in [-0.39, 0.29) is 11.9 Å². The van der Waals surface area contributed by atoms with Crippen molar-refractivity contribution in [3.8, 4) is 5.75 Å². The molecular weight excluding hydrogens is 458 g/mol. The summed E-state index contributed by atoms with van der Waals surface area (Å²) in [6.07, 6.45) is 1.00. The molecule has 0 aliphatic carbocycles. The first kappa shape index (κ1) is 24.4. The fraction of sp³-hybridized carbons (Fsp3) is 0.481. The van der Waals surface area contributed by atoms with Crippen LogP contribution in [0.4, 0.5) is 21.9 Å². The number of amides is 3. The minimum Gasteiger partial charge on any atom is -0.478 e. The van der Waals surface area contributed by atoms with Gasteiger partial charge in [0.2, 0.25) is 0 Å². The zero-order valence-corrected chi connectivity index (χ0v) is 21.0. The molecule has 2 fully saturated rings. The topological polar surface area (TPSA) is 97.4 Å². The molecule has 192 valence electrons. The van der Waals surface area contributed by atoms with Crippen LogP contribution in [0.5, 0.6) is 5.75 Å². The zero-order chi connectivity index (χ0) is 25.2. The van der Waals surface area contributed by atoms with Crippen LogP contribution < -0.4 is 25.2 Å². The Kier molecular flexibility index (Phi) is 7.02. The first-order valence-corrected chi connectivity index (χ1v) is 12.8. The highest BCUT2D eigenvalue weighted by atomic mass is 16.5. The van der Waals surface area contributed by atoms with Gasteiger partial charge in [-0.05, 0) is 80.8 Å². The highest BCUT2D eigenvalue weighted by Crippen LogP contribution is 2.40. The normalized spacial score (nSPS) is 21.3. The van der Waals surface area contributed by atoms with E-state index in [1.54, 1.807) is 11.8 Å². The molecule has 3 aliphatic rings. The van der Waals surface area contributed by atoms with Crippen LogP contribution in [0, 0.1) is 0 Å². The first-order valence-electron chi connectivity index (χ1n) is 12.8.